The standard InChI is InChI=1S/C10H18N2O3S/c1-3-4-9-12(8(13)5-11-2)7(6-16-9)10(14)15/h7,9,11H,3-6H2,1-2H3,(H,14,15). The van der Waals surface area contributed by atoms with Gasteiger partial charge in [0.05, 0.1) is 11.9 Å². The van der Waals surface area contributed by atoms with E-state index in [9.17, 15) is 9.59 Å². The third-order valence-electron chi connectivity index (χ3n) is 2.53. The highest BCUT2D eigenvalue weighted by atomic mass is 32.2. The molecule has 2 N–H and O–H groups in total. The Hall–Kier alpha value is -0.750. The fourth-order valence-electron chi connectivity index (χ4n) is 1.80. The third kappa shape index (κ3) is 2.89. The van der Waals surface area contributed by atoms with Gasteiger partial charge in [0.2, 0.25) is 5.91 Å². The molecule has 0 aliphatic carbocycles. The molecule has 1 saturated heterocycles. The Morgan fingerprint density at radius 2 is 2.25 bits per heavy atom. The van der Waals surface area contributed by atoms with Crippen molar-refractivity contribution >= 4 is 23.6 Å². The Labute approximate surface area is 99.6 Å². The summed E-state index contributed by atoms with van der Waals surface area (Å²) in [5.74, 6) is -0.538. The minimum Gasteiger partial charge on any atom is -0.480 e. The van der Waals surface area contributed by atoms with Crippen LogP contribution in [0, 0.1) is 0 Å². The number of amides is 1. The molecule has 0 radical (unpaired) electrons. The lowest BCUT2D eigenvalue weighted by atomic mass is 10.2. The molecule has 1 aliphatic heterocycles. The maximum absolute atomic E-state index is 11.8. The SMILES string of the molecule is CCCC1SCC(C(=O)O)N1C(=O)CNC. The van der Waals surface area contributed by atoms with E-state index in [1.54, 1.807) is 18.8 Å². The molecule has 0 bridgehead atoms. The van der Waals surface area contributed by atoms with Crippen LogP contribution in [0.15, 0.2) is 0 Å². The first-order valence-corrected chi connectivity index (χ1v) is 6.46. The average Bonchev–Trinajstić information content (AvgIpc) is 2.62. The molecule has 92 valence electrons. The summed E-state index contributed by atoms with van der Waals surface area (Å²) in [6.45, 7) is 2.24. The first-order chi connectivity index (χ1) is 7.61. The van der Waals surface area contributed by atoms with E-state index in [0.717, 1.165) is 12.8 Å². The molecular weight excluding hydrogens is 228 g/mol. The number of rotatable bonds is 5. The Bertz CT molecular complexity index is 273. The number of carbonyl (C=O) groups excluding carboxylic acids is 1. The van der Waals surface area contributed by atoms with Gasteiger partial charge in [0.25, 0.3) is 0 Å². The lowest BCUT2D eigenvalue weighted by Gasteiger charge is -2.27. The Morgan fingerprint density at radius 1 is 1.56 bits per heavy atom. The second-order valence-corrected chi connectivity index (χ2v) is 4.97. The van der Waals surface area contributed by atoms with Crippen molar-refractivity contribution in [3.05, 3.63) is 0 Å². The van der Waals surface area contributed by atoms with E-state index in [1.807, 2.05) is 6.92 Å². The van der Waals surface area contributed by atoms with Gasteiger partial charge in [0.15, 0.2) is 0 Å². The van der Waals surface area contributed by atoms with E-state index >= 15 is 0 Å². The van der Waals surface area contributed by atoms with Crippen LogP contribution in [-0.2, 0) is 9.59 Å². The van der Waals surface area contributed by atoms with Crippen molar-refractivity contribution in [2.24, 2.45) is 0 Å². The Kier molecular flexibility index (Phi) is 5.08. The number of aliphatic carboxylic acids is 1. The molecular formula is C10H18N2O3S. The molecule has 0 spiro atoms. The second kappa shape index (κ2) is 6.10. The van der Waals surface area contributed by atoms with Gasteiger partial charge in [-0.1, -0.05) is 13.3 Å². The van der Waals surface area contributed by atoms with E-state index in [1.165, 1.54) is 4.90 Å². The topological polar surface area (TPSA) is 69.6 Å². The summed E-state index contributed by atoms with van der Waals surface area (Å²) in [5, 5.41) is 11.9. The highest BCUT2D eigenvalue weighted by Crippen LogP contribution is 2.32. The zero-order valence-corrected chi connectivity index (χ0v) is 10.4. The summed E-state index contributed by atoms with van der Waals surface area (Å²) in [6.07, 6.45) is 1.80. The monoisotopic (exact) mass is 246 g/mol. The lowest BCUT2D eigenvalue weighted by Crippen LogP contribution is -2.48. The van der Waals surface area contributed by atoms with Crippen LogP contribution < -0.4 is 5.32 Å². The fourth-order valence-corrected chi connectivity index (χ4v) is 3.34. The van der Waals surface area contributed by atoms with Crippen molar-refractivity contribution in [3.8, 4) is 0 Å². The minimum atomic E-state index is -0.907. The molecule has 16 heavy (non-hydrogen) atoms. The number of nitrogens with zero attached hydrogens (tertiary/aromatic N) is 1. The Morgan fingerprint density at radius 3 is 2.75 bits per heavy atom. The van der Waals surface area contributed by atoms with Crippen LogP contribution in [0.4, 0.5) is 0 Å². The van der Waals surface area contributed by atoms with Crippen molar-refractivity contribution in [2.45, 2.75) is 31.2 Å². The second-order valence-electron chi connectivity index (χ2n) is 3.76. The number of hydrogen-bond acceptors (Lipinski definition) is 4. The summed E-state index contributed by atoms with van der Waals surface area (Å²) < 4.78 is 0. The van der Waals surface area contributed by atoms with Gasteiger partial charge < -0.3 is 15.3 Å². The normalized spacial score (nSPS) is 24.8. The van der Waals surface area contributed by atoms with Gasteiger partial charge >= 0.3 is 5.97 Å². The molecule has 0 saturated carbocycles. The van der Waals surface area contributed by atoms with Crippen LogP contribution in [-0.4, -0.2) is 52.6 Å². The van der Waals surface area contributed by atoms with Gasteiger partial charge in [-0.25, -0.2) is 4.79 Å². The number of nitrogens with one attached hydrogen (secondary N) is 1. The summed E-state index contributed by atoms with van der Waals surface area (Å²) in [7, 11) is 1.69. The van der Waals surface area contributed by atoms with Gasteiger partial charge in [-0.15, -0.1) is 11.8 Å². The fraction of sp³-hybridized carbons (Fsp3) is 0.800. The molecule has 2 atom stereocenters. The molecule has 0 aromatic heterocycles. The van der Waals surface area contributed by atoms with Gasteiger partial charge in [-0.3, -0.25) is 4.79 Å². The number of carboxylic acids is 1. The van der Waals surface area contributed by atoms with E-state index in [2.05, 4.69) is 5.32 Å². The van der Waals surface area contributed by atoms with Crippen molar-refractivity contribution in [1.82, 2.24) is 10.2 Å². The van der Waals surface area contributed by atoms with Crippen LogP contribution in [0.25, 0.3) is 0 Å². The first kappa shape index (κ1) is 13.3. The van der Waals surface area contributed by atoms with E-state index in [-0.39, 0.29) is 17.8 Å². The highest BCUT2D eigenvalue weighted by molar-refractivity contribution is 8.00. The van der Waals surface area contributed by atoms with E-state index in [4.69, 9.17) is 5.11 Å². The minimum absolute atomic E-state index is 0.0203. The molecule has 1 heterocycles. The van der Waals surface area contributed by atoms with Crippen molar-refractivity contribution < 1.29 is 14.7 Å². The van der Waals surface area contributed by atoms with Crippen molar-refractivity contribution in [2.75, 3.05) is 19.3 Å². The zero-order valence-electron chi connectivity index (χ0n) is 9.60. The predicted molar refractivity (Wildman–Crippen MR) is 63.4 cm³/mol. The zero-order chi connectivity index (χ0) is 12.1. The van der Waals surface area contributed by atoms with Crippen LogP contribution in [0.5, 0.6) is 0 Å². The number of carbonyl (C=O) groups is 2. The molecule has 5 nitrogen and oxygen atoms in total. The van der Waals surface area contributed by atoms with E-state index in [0.29, 0.717) is 5.75 Å². The largest absolute Gasteiger partial charge is 0.480 e. The van der Waals surface area contributed by atoms with Gasteiger partial charge in [0, 0.05) is 5.75 Å². The van der Waals surface area contributed by atoms with E-state index < -0.39 is 12.0 Å². The number of thioether (sulfide) groups is 1. The molecule has 6 heteroatoms. The highest BCUT2D eigenvalue weighted by Gasteiger charge is 2.40. The number of hydrogen-bond donors (Lipinski definition) is 2. The third-order valence-corrected chi connectivity index (χ3v) is 3.88. The van der Waals surface area contributed by atoms with Crippen LogP contribution in [0.1, 0.15) is 19.8 Å². The molecule has 2 unspecified atom stereocenters. The van der Waals surface area contributed by atoms with Gasteiger partial charge in [0.1, 0.15) is 6.04 Å². The molecule has 1 fully saturated rings. The average molecular weight is 246 g/mol. The maximum Gasteiger partial charge on any atom is 0.327 e. The molecule has 0 aromatic rings. The predicted octanol–water partition coefficient (Wildman–Crippen LogP) is 0.361. The first-order valence-electron chi connectivity index (χ1n) is 5.42. The van der Waals surface area contributed by atoms with Gasteiger partial charge in [-0.05, 0) is 13.5 Å². The Balaban J connectivity index is 2.75. The maximum atomic E-state index is 11.8. The summed E-state index contributed by atoms with van der Waals surface area (Å²) >= 11 is 1.56. The number of likely N-dealkylation sites (N-methyl/N-ethyl adjacent to an activating group) is 1. The molecule has 0 aromatic carbocycles. The lowest BCUT2D eigenvalue weighted by molar-refractivity contribution is -0.148. The molecule has 1 amide bonds. The summed E-state index contributed by atoms with van der Waals surface area (Å²) in [6, 6.07) is -0.664. The van der Waals surface area contributed by atoms with Crippen molar-refractivity contribution in [1.29, 1.82) is 0 Å². The summed E-state index contributed by atoms with van der Waals surface area (Å²) in [5.41, 5.74) is 0. The molecule has 1 aliphatic rings. The quantitative estimate of drug-likeness (QED) is 0.733. The van der Waals surface area contributed by atoms with Crippen LogP contribution in [0.2, 0.25) is 0 Å². The molecule has 1 rings (SSSR count). The van der Waals surface area contributed by atoms with Crippen molar-refractivity contribution in [3.63, 3.8) is 0 Å². The van der Waals surface area contributed by atoms with Crippen LogP contribution in [0.3, 0.4) is 0 Å². The smallest absolute Gasteiger partial charge is 0.327 e. The summed E-state index contributed by atoms with van der Waals surface area (Å²) in [4.78, 5) is 24.4. The van der Waals surface area contributed by atoms with Crippen LogP contribution >= 0.6 is 11.8 Å². The van der Waals surface area contributed by atoms with Gasteiger partial charge in [-0.2, -0.15) is 0 Å². The number of carboxylic acid groups (broad SMARTS) is 1.